The molecule has 0 saturated heterocycles. The number of fused-ring (bicyclic) bond motifs is 1. The van der Waals surface area contributed by atoms with Crippen LogP contribution in [0.3, 0.4) is 0 Å². The molecule has 0 spiro atoms. The molecule has 3 heterocycles. The predicted octanol–water partition coefficient (Wildman–Crippen LogP) is 5.83. The SMILES string of the molecule is Cc1ccc2[nH]c(=O)c([C@H](c3nnnn3C3CCCC3)N(CCc3ccccc3)Cc3cccs3)cc2c1. The van der Waals surface area contributed by atoms with Crippen molar-refractivity contribution in [3.63, 3.8) is 0 Å². The van der Waals surface area contributed by atoms with Gasteiger partial charge in [0.25, 0.3) is 5.56 Å². The van der Waals surface area contributed by atoms with Crippen LogP contribution in [0, 0.1) is 6.92 Å². The second-order valence-electron chi connectivity index (χ2n) is 10.3. The highest BCUT2D eigenvalue weighted by Gasteiger charge is 2.33. The van der Waals surface area contributed by atoms with Crippen molar-refractivity contribution in [3.8, 4) is 0 Å². The van der Waals surface area contributed by atoms with E-state index in [0.717, 1.165) is 48.1 Å². The second kappa shape index (κ2) is 11.0. The first-order valence-electron chi connectivity index (χ1n) is 13.4. The van der Waals surface area contributed by atoms with Gasteiger partial charge in [0.15, 0.2) is 5.82 Å². The molecular formula is C30H32N6OS. The van der Waals surface area contributed by atoms with E-state index in [1.54, 1.807) is 11.3 Å². The Hall–Kier alpha value is -3.62. The summed E-state index contributed by atoms with van der Waals surface area (Å²) in [7, 11) is 0. The van der Waals surface area contributed by atoms with Gasteiger partial charge in [-0.1, -0.05) is 60.9 Å². The van der Waals surface area contributed by atoms with Gasteiger partial charge in [-0.05, 0) is 77.2 Å². The van der Waals surface area contributed by atoms with Crippen LogP contribution in [0.15, 0.2) is 76.9 Å². The van der Waals surface area contributed by atoms with Gasteiger partial charge < -0.3 is 4.98 Å². The number of nitrogens with one attached hydrogen (secondary N) is 1. The van der Waals surface area contributed by atoms with Gasteiger partial charge >= 0.3 is 0 Å². The summed E-state index contributed by atoms with van der Waals surface area (Å²) in [6.45, 7) is 3.54. The van der Waals surface area contributed by atoms with Gasteiger partial charge in [-0.2, -0.15) is 0 Å². The lowest BCUT2D eigenvalue weighted by Gasteiger charge is -2.31. The van der Waals surface area contributed by atoms with E-state index >= 15 is 0 Å². The quantitative estimate of drug-likeness (QED) is 0.262. The Labute approximate surface area is 226 Å². The zero-order valence-corrected chi connectivity index (χ0v) is 22.4. The zero-order valence-electron chi connectivity index (χ0n) is 21.6. The summed E-state index contributed by atoms with van der Waals surface area (Å²) in [6, 6.07) is 22.8. The minimum atomic E-state index is -0.384. The number of H-pyrrole nitrogens is 1. The molecule has 6 rings (SSSR count). The van der Waals surface area contributed by atoms with Crippen LogP contribution < -0.4 is 5.56 Å². The van der Waals surface area contributed by atoms with E-state index < -0.39 is 0 Å². The van der Waals surface area contributed by atoms with Crippen molar-refractivity contribution < 1.29 is 0 Å². The van der Waals surface area contributed by atoms with Crippen LogP contribution in [0.2, 0.25) is 0 Å². The largest absolute Gasteiger partial charge is 0.322 e. The van der Waals surface area contributed by atoms with E-state index in [0.29, 0.717) is 12.1 Å². The number of thiophene rings is 1. The highest BCUT2D eigenvalue weighted by Crippen LogP contribution is 2.35. The first-order chi connectivity index (χ1) is 18.7. The molecule has 8 heteroatoms. The summed E-state index contributed by atoms with van der Waals surface area (Å²) in [5.74, 6) is 0.749. The fourth-order valence-electron chi connectivity index (χ4n) is 5.65. The third kappa shape index (κ3) is 5.19. The molecule has 1 aliphatic rings. The Morgan fingerprint density at radius 3 is 2.71 bits per heavy atom. The van der Waals surface area contributed by atoms with Gasteiger partial charge in [-0.25, -0.2) is 4.68 Å². The van der Waals surface area contributed by atoms with Crippen LogP contribution in [0.5, 0.6) is 0 Å². The lowest BCUT2D eigenvalue weighted by Crippen LogP contribution is -2.36. The van der Waals surface area contributed by atoms with E-state index in [1.165, 1.54) is 23.3 Å². The first kappa shape index (κ1) is 24.7. The summed E-state index contributed by atoms with van der Waals surface area (Å²) in [5, 5.41) is 16.3. The number of nitrogens with zero attached hydrogens (tertiary/aromatic N) is 5. The van der Waals surface area contributed by atoms with Crippen molar-refractivity contribution in [1.29, 1.82) is 0 Å². The van der Waals surface area contributed by atoms with Crippen molar-refractivity contribution in [1.82, 2.24) is 30.1 Å². The van der Waals surface area contributed by atoms with Crippen molar-refractivity contribution >= 4 is 22.2 Å². The van der Waals surface area contributed by atoms with Crippen LogP contribution in [0.4, 0.5) is 0 Å². The number of aryl methyl sites for hydroxylation is 1. The lowest BCUT2D eigenvalue weighted by molar-refractivity contribution is 0.203. The number of pyridine rings is 1. The van der Waals surface area contributed by atoms with Gasteiger partial charge in [0.05, 0.1) is 6.04 Å². The third-order valence-corrected chi connectivity index (χ3v) is 8.45. The average Bonchev–Trinajstić information content (AvgIpc) is 3.72. The van der Waals surface area contributed by atoms with Crippen molar-refractivity contribution in [2.75, 3.05) is 6.54 Å². The van der Waals surface area contributed by atoms with Gasteiger partial charge in [-0.3, -0.25) is 9.69 Å². The molecule has 0 unspecified atom stereocenters. The molecule has 7 nitrogen and oxygen atoms in total. The Morgan fingerprint density at radius 2 is 1.92 bits per heavy atom. The molecule has 0 radical (unpaired) electrons. The van der Waals surface area contributed by atoms with Gasteiger partial charge in [-0.15, -0.1) is 16.4 Å². The van der Waals surface area contributed by atoms with Gasteiger partial charge in [0.2, 0.25) is 0 Å². The number of rotatable bonds is 9. The van der Waals surface area contributed by atoms with E-state index in [2.05, 4.69) is 80.2 Å². The molecule has 0 aliphatic heterocycles. The number of benzene rings is 2. The Balaban J connectivity index is 1.49. The van der Waals surface area contributed by atoms with Crippen molar-refractivity contribution in [2.24, 2.45) is 0 Å². The Kier molecular flexibility index (Phi) is 7.16. The molecule has 1 N–H and O–H groups in total. The number of hydrogen-bond donors (Lipinski definition) is 1. The minimum Gasteiger partial charge on any atom is -0.322 e. The summed E-state index contributed by atoms with van der Waals surface area (Å²) in [5.41, 5.74) is 3.85. The summed E-state index contributed by atoms with van der Waals surface area (Å²) in [4.78, 5) is 20.5. The van der Waals surface area contributed by atoms with Crippen LogP contribution in [-0.2, 0) is 13.0 Å². The summed E-state index contributed by atoms with van der Waals surface area (Å²) >= 11 is 1.73. The first-order valence-corrected chi connectivity index (χ1v) is 14.3. The summed E-state index contributed by atoms with van der Waals surface area (Å²) < 4.78 is 2.00. The van der Waals surface area contributed by atoms with Crippen molar-refractivity contribution in [3.05, 3.63) is 110 Å². The predicted molar refractivity (Wildman–Crippen MR) is 151 cm³/mol. The maximum Gasteiger partial charge on any atom is 0.253 e. The van der Waals surface area contributed by atoms with Crippen LogP contribution >= 0.6 is 11.3 Å². The molecule has 1 saturated carbocycles. The standard InChI is InChI=1S/C30H32N6OS/c1-21-13-14-27-23(18-21)19-26(30(37)31-27)28(29-32-33-34-36(29)24-10-5-6-11-24)35(20-25-12-7-17-38-25)16-15-22-8-3-2-4-9-22/h2-4,7-9,12-14,17-19,24,28H,5-6,10-11,15-16,20H2,1H3,(H,31,37)/t28-/m1/s1. The number of hydrogen-bond acceptors (Lipinski definition) is 6. The van der Waals surface area contributed by atoms with E-state index in [-0.39, 0.29) is 17.6 Å². The highest BCUT2D eigenvalue weighted by molar-refractivity contribution is 7.09. The van der Waals surface area contributed by atoms with Crippen LogP contribution in [0.25, 0.3) is 10.9 Å². The maximum atomic E-state index is 13.7. The third-order valence-electron chi connectivity index (χ3n) is 7.59. The molecule has 38 heavy (non-hydrogen) atoms. The zero-order chi connectivity index (χ0) is 25.9. The Bertz CT molecular complexity index is 1550. The Morgan fingerprint density at radius 1 is 1.08 bits per heavy atom. The van der Waals surface area contributed by atoms with Gasteiger partial charge in [0, 0.05) is 29.0 Å². The molecule has 1 aliphatic carbocycles. The van der Waals surface area contributed by atoms with Crippen LogP contribution in [-0.4, -0.2) is 36.6 Å². The van der Waals surface area contributed by atoms with Crippen LogP contribution in [0.1, 0.15) is 65.2 Å². The van der Waals surface area contributed by atoms with E-state index in [4.69, 9.17) is 0 Å². The second-order valence-corrected chi connectivity index (χ2v) is 11.3. The molecule has 0 amide bonds. The molecule has 194 valence electrons. The monoisotopic (exact) mass is 524 g/mol. The smallest absolute Gasteiger partial charge is 0.253 e. The highest BCUT2D eigenvalue weighted by atomic mass is 32.1. The van der Waals surface area contributed by atoms with E-state index in [9.17, 15) is 4.79 Å². The number of aromatic amines is 1. The topological polar surface area (TPSA) is 79.7 Å². The minimum absolute atomic E-state index is 0.0942. The fraction of sp³-hybridized carbons (Fsp3) is 0.333. The molecule has 2 aromatic carbocycles. The molecule has 5 aromatic rings. The molecular weight excluding hydrogens is 492 g/mol. The number of aromatic nitrogens is 5. The van der Waals surface area contributed by atoms with Crippen molar-refractivity contribution in [2.45, 2.75) is 57.7 Å². The van der Waals surface area contributed by atoms with Gasteiger partial charge in [0.1, 0.15) is 6.04 Å². The molecule has 1 fully saturated rings. The fourth-order valence-corrected chi connectivity index (χ4v) is 6.38. The number of tetrazole rings is 1. The average molecular weight is 525 g/mol. The summed E-state index contributed by atoms with van der Waals surface area (Å²) in [6.07, 6.45) is 5.34. The lowest BCUT2D eigenvalue weighted by atomic mass is 10.0. The maximum absolute atomic E-state index is 13.7. The molecule has 3 aromatic heterocycles. The normalized spacial score (nSPS) is 15.0. The molecule has 1 atom stereocenters. The molecule has 0 bridgehead atoms. The van der Waals surface area contributed by atoms with E-state index in [1.807, 2.05) is 28.9 Å².